The van der Waals surface area contributed by atoms with Gasteiger partial charge in [-0.1, -0.05) is 24.3 Å². The number of carbonyl (C=O) groups is 2. The number of hydrogen-bond donors (Lipinski definition) is 3. The maximum atomic E-state index is 12.4. The molecule has 0 saturated carbocycles. The summed E-state index contributed by atoms with van der Waals surface area (Å²) in [5, 5.41) is 0. The molecule has 0 saturated heterocycles. The van der Waals surface area contributed by atoms with Crippen LogP contribution < -0.4 is 20.3 Å². The van der Waals surface area contributed by atoms with Gasteiger partial charge in [-0.15, -0.1) is 0 Å². The fraction of sp³-hybridized carbons (Fsp3) is 0.143. The number of carbonyl (C=O) groups excluding carboxylic acids is 2. The van der Waals surface area contributed by atoms with Gasteiger partial charge in [-0.2, -0.15) is 0 Å². The molecule has 3 aromatic rings. The number of nitrogens with one attached hydrogen (secondary N) is 3. The third-order valence-electron chi connectivity index (χ3n) is 4.33. The number of amides is 2. The molecule has 3 rings (SSSR count). The minimum absolute atomic E-state index is 0.0183. The van der Waals surface area contributed by atoms with Crippen LogP contribution in [0.3, 0.4) is 0 Å². The van der Waals surface area contributed by atoms with Crippen molar-refractivity contribution in [1.82, 2.24) is 15.6 Å². The van der Waals surface area contributed by atoms with Crippen LogP contribution in [0.15, 0.2) is 70.0 Å². The molecule has 0 bridgehead atoms. The monoisotopic (exact) mass is 443 g/mol. The highest BCUT2D eigenvalue weighted by molar-refractivity contribution is 7.89. The van der Waals surface area contributed by atoms with E-state index in [-0.39, 0.29) is 22.8 Å². The Morgan fingerprint density at radius 1 is 0.968 bits per heavy atom. The van der Waals surface area contributed by atoms with Crippen LogP contribution in [-0.2, 0) is 16.6 Å². The molecular weight excluding hydrogens is 422 g/mol. The average Bonchev–Trinajstić information content (AvgIpc) is 3.26. The third-order valence-corrected chi connectivity index (χ3v) is 5.74. The van der Waals surface area contributed by atoms with E-state index in [2.05, 4.69) is 15.6 Å². The fourth-order valence-electron chi connectivity index (χ4n) is 2.62. The second-order valence-corrected chi connectivity index (χ2v) is 8.35. The first kappa shape index (κ1) is 22.1. The number of para-hydroxylation sites is 1. The van der Waals surface area contributed by atoms with Crippen molar-refractivity contribution < 1.29 is 27.2 Å². The lowest BCUT2D eigenvalue weighted by atomic mass is 10.1. The molecule has 0 unspecified atom stereocenters. The Hall–Kier alpha value is -3.63. The third kappa shape index (κ3) is 5.50. The topological polar surface area (TPSA) is 127 Å². The molecule has 9 nitrogen and oxygen atoms in total. The van der Waals surface area contributed by atoms with Crippen LogP contribution in [0.4, 0.5) is 0 Å². The van der Waals surface area contributed by atoms with Crippen molar-refractivity contribution in [2.75, 3.05) is 7.05 Å². The highest BCUT2D eigenvalue weighted by Crippen LogP contribution is 2.16. The number of hydrazine groups is 1. The Kier molecular flexibility index (Phi) is 6.73. The zero-order chi connectivity index (χ0) is 22.4. The number of rotatable bonds is 7. The van der Waals surface area contributed by atoms with Gasteiger partial charge in [-0.25, -0.2) is 13.1 Å². The van der Waals surface area contributed by atoms with Gasteiger partial charge in [-0.3, -0.25) is 20.4 Å². The standard InChI is InChI=1S/C21H21N3O6S/c1-14-8-10-17(31(27,28)22-2)12-18(14)20(25)23-24-21(26)19-11-9-16(30-19)13-29-15-6-4-3-5-7-15/h3-12,22H,13H2,1-2H3,(H,23,25)(H,24,26). The van der Waals surface area contributed by atoms with Gasteiger partial charge in [0.25, 0.3) is 5.91 Å². The number of benzene rings is 2. The molecule has 0 fully saturated rings. The SMILES string of the molecule is CNS(=O)(=O)c1ccc(C)c(C(=O)NNC(=O)c2ccc(COc3ccccc3)o2)c1. The quantitative estimate of drug-likeness (QED) is 0.480. The van der Waals surface area contributed by atoms with Crippen molar-refractivity contribution in [1.29, 1.82) is 0 Å². The fourth-order valence-corrected chi connectivity index (χ4v) is 3.38. The van der Waals surface area contributed by atoms with E-state index in [9.17, 15) is 18.0 Å². The number of aryl methyl sites for hydroxylation is 1. The Labute approximate surface area is 179 Å². The normalized spacial score (nSPS) is 11.0. The lowest BCUT2D eigenvalue weighted by molar-refractivity contribution is 0.0828. The summed E-state index contributed by atoms with van der Waals surface area (Å²) in [6.07, 6.45) is 0. The van der Waals surface area contributed by atoms with E-state index in [0.717, 1.165) is 0 Å². The van der Waals surface area contributed by atoms with Gasteiger partial charge >= 0.3 is 5.91 Å². The second-order valence-electron chi connectivity index (χ2n) is 6.46. The maximum absolute atomic E-state index is 12.4. The summed E-state index contributed by atoms with van der Waals surface area (Å²) in [5.74, 6) is -0.263. The van der Waals surface area contributed by atoms with Crippen molar-refractivity contribution in [3.8, 4) is 5.75 Å². The molecular formula is C21H21N3O6S. The highest BCUT2D eigenvalue weighted by atomic mass is 32.2. The van der Waals surface area contributed by atoms with Crippen molar-refractivity contribution in [2.24, 2.45) is 0 Å². The van der Waals surface area contributed by atoms with Gasteiger partial charge in [0, 0.05) is 5.56 Å². The summed E-state index contributed by atoms with van der Waals surface area (Å²) >= 11 is 0. The van der Waals surface area contributed by atoms with E-state index in [1.54, 1.807) is 25.1 Å². The molecule has 162 valence electrons. The van der Waals surface area contributed by atoms with Gasteiger partial charge in [0.15, 0.2) is 5.76 Å². The molecule has 0 aliphatic heterocycles. The zero-order valence-corrected chi connectivity index (χ0v) is 17.7. The predicted octanol–water partition coefficient (Wildman–Crippen LogP) is 2.15. The zero-order valence-electron chi connectivity index (χ0n) is 16.8. The van der Waals surface area contributed by atoms with Crippen molar-refractivity contribution >= 4 is 21.8 Å². The predicted molar refractivity (Wildman–Crippen MR) is 112 cm³/mol. The molecule has 3 N–H and O–H groups in total. The first-order valence-corrected chi connectivity index (χ1v) is 10.7. The summed E-state index contributed by atoms with van der Waals surface area (Å²) in [5.41, 5.74) is 5.15. The van der Waals surface area contributed by atoms with Crippen LogP contribution >= 0.6 is 0 Å². The lowest BCUT2D eigenvalue weighted by Gasteiger charge is -2.10. The van der Waals surface area contributed by atoms with E-state index >= 15 is 0 Å². The molecule has 0 radical (unpaired) electrons. The summed E-state index contributed by atoms with van der Waals surface area (Å²) in [7, 11) is -2.44. The lowest BCUT2D eigenvalue weighted by Crippen LogP contribution is -2.41. The Morgan fingerprint density at radius 3 is 2.39 bits per heavy atom. The van der Waals surface area contributed by atoms with E-state index in [1.807, 2.05) is 18.2 Å². The van der Waals surface area contributed by atoms with E-state index < -0.39 is 21.8 Å². The van der Waals surface area contributed by atoms with E-state index in [0.29, 0.717) is 17.1 Å². The summed E-state index contributed by atoms with van der Waals surface area (Å²) in [4.78, 5) is 24.6. The average molecular weight is 443 g/mol. The molecule has 2 amide bonds. The van der Waals surface area contributed by atoms with Crippen LogP contribution in [0.1, 0.15) is 32.2 Å². The molecule has 0 spiro atoms. The molecule has 31 heavy (non-hydrogen) atoms. The van der Waals surface area contributed by atoms with Gasteiger partial charge in [0.2, 0.25) is 10.0 Å². The summed E-state index contributed by atoms with van der Waals surface area (Å²) in [6.45, 7) is 1.79. The van der Waals surface area contributed by atoms with Crippen molar-refractivity contribution in [3.63, 3.8) is 0 Å². The molecule has 0 aliphatic carbocycles. The van der Waals surface area contributed by atoms with Gasteiger partial charge in [0.05, 0.1) is 4.90 Å². The minimum atomic E-state index is -3.71. The molecule has 10 heteroatoms. The van der Waals surface area contributed by atoms with Gasteiger partial charge in [-0.05, 0) is 55.9 Å². The number of hydrogen-bond acceptors (Lipinski definition) is 6. The largest absolute Gasteiger partial charge is 0.486 e. The highest BCUT2D eigenvalue weighted by Gasteiger charge is 2.18. The molecule has 0 aliphatic rings. The van der Waals surface area contributed by atoms with E-state index in [4.69, 9.17) is 9.15 Å². The smallest absolute Gasteiger partial charge is 0.305 e. The minimum Gasteiger partial charge on any atom is -0.486 e. The first-order valence-electron chi connectivity index (χ1n) is 9.21. The van der Waals surface area contributed by atoms with Crippen LogP contribution in [0, 0.1) is 6.92 Å². The summed E-state index contributed by atoms with van der Waals surface area (Å²) < 4.78 is 37.1. The van der Waals surface area contributed by atoms with Crippen LogP contribution in [0.2, 0.25) is 0 Å². The van der Waals surface area contributed by atoms with E-state index in [1.165, 1.54) is 31.3 Å². The van der Waals surface area contributed by atoms with Crippen molar-refractivity contribution in [3.05, 3.63) is 83.3 Å². The van der Waals surface area contributed by atoms with Crippen molar-refractivity contribution in [2.45, 2.75) is 18.4 Å². The molecule has 1 aromatic heterocycles. The molecule has 2 aromatic carbocycles. The van der Waals surface area contributed by atoms with Crippen LogP contribution in [-0.4, -0.2) is 27.3 Å². The Bertz CT molecular complexity index is 1190. The second kappa shape index (κ2) is 9.45. The number of ether oxygens (including phenoxy) is 1. The Morgan fingerprint density at radius 2 is 1.68 bits per heavy atom. The van der Waals surface area contributed by atoms with Crippen LogP contribution in [0.25, 0.3) is 0 Å². The number of sulfonamides is 1. The Balaban J connectivity index is 1.60. The van der Waals surface area contributed by atoms with Gasteiger partial charge in [0.1, 0.15) is 18.1 Å². The molecule has 0 atom stereocenters. The first-order chi connectivity index (χ1) is 14.8. The van der Waals surface area contributed by atoms with Crippen LogP contribution in [0.5, 0.6) is 5.75 Å². The number of furan rings is 1. The van der Waals surface area contributed by atoms with Gasteiger partial charge < -0.3 is 9.15 Å². The summed E-state index contributed by atoms with van der Waals surface area (Å²) in [6, 6.07) is 16.3. The molecule has 1 heterocycles. The maximum Gasteiger partial charge on any atom is 0.305 e.